The van der Waals surface area contributed by atoms with Crippen molar-refractivity contribution >= 4 is 11.9 Å². The van der Waals surface area contributed by atoms with Crippen LogP contribution in [0.4, 0.5) is 0 Å². The molecule has 0 saturated carbocycles. The highest BCUT2D eigenvalue weighted by Gasteiger charge is 2.22. The van der Waals surface area contributed by atoms with E-state index in [-0.39, 0.29) is 12.3 Å². The third-order valence-electron chi connectivity index (χ3n) is 2.92. The topological polar surface area (TPSA) is 92.4 Å². The molecule has 104 valence electrons. The Kier molecular flexibility index (Phi) is 4.14. The maximum absolute atomic E-state index is 11.8. The van der Waals surface area contributed by atoms with Gasteiger partial charge in [0.05, 0.1) is 12.1 Å². The molecule has 0 spiro atoms. The fourth-order valence-electron chi connectivity index (χ4n) is 1.82. The van der Waals surface area contributed by atoms with Gasteiger partial charge in [0, 0.05) is 12.1 Å². The minimum atomic E-state index is -0.995. The van der Waals surface area contributed by atoms with Crippen LogP contribution in [-0.4, -0.2) is 28.7 Å². The first kappa shape index (κ1) is 13.8. The SMILES string of the molecule is Cc1cnoc1C(=O)NCC(C(=O)O)c1ccccc1. The van der Waals surface area contributed by atoms with E-state index in [0.29, 0.717) is 11.1 Å². The molecule has 2 aromatic rings. The lowest BCUT2D eigenvalue weighted by Gasteiger charge is -2.13. The van der Waals surface area contributed by atoms with Crippen molar-refractivity contribution < 1.29 is 19.2 Å². The summed E-state index contributed by atoms with van der Waals surface area (Å²) in [6.07, 6.45) is 1.43. The number of benzene rings is 1. The lowest BCUT2D eigenvalue weighted by molar-refractivity contribution is -0.138. The number of carbonyl (C=O) groups is 2. The fourth-order valence-corrected chi connectivity index (χ4v) is 1.82. The number of aryl methyl sites for hydroxylation is 1. The smallest absolute Gasteiger partial charge is 0.312 e. The average Bonchev–Trinajstić information content (AvgIpc) is 2.86. The lowest BCUT2D eigenvalue weighted by Crippen LogP contribution is -2.31. The summed E-state index contributed by atoms with van der Waals surface area (Å²) in [5, 5.41) is 15.3. The quantitative estimate of drug-likeness (QED) is 0.863. The molecule has 0 aliphatic rings. The van der Waals surface area contributed by atoms with Gasteiger partial charge in [-0.1, -0.05) is 35.5 Å². The van der Waals surface area contributed by atoms with E-state index in [1.807, 2.05) is 0 Å². The summed E-state index contributed by atoms with van der Waals surface area (Å²) in [5.74, 6) is -2.17. The minimum Gasteiger partial charge on any atom is -0.481 e. The van der Waals surface area contributed by atoms with E-state index in [4.69, 9.17) is 4.52 Å². The van der Waals surface area contributed by atoms with Gasteiger partial charge < -0.3 is 14.9 Å². The number of amides is 1. The van der Waals surface area contributed by atoms with Crippen molar-refractivity contribution in [1.29, 1.82) is 0 Å². The molecule has 1 aromatic carbocycles. The van der Waals surface area contributed by atoms with E-state index in [1.165, 1.54) is 6.20 Å². The minimum absolute atomic E-state index is 0.0156. The molecule has 1 heterocycles. The Labute approximate surface area is 115 Å². The number of rotatable bonds is 5. The van der Waals surface area contributed by atoms with Crippen LogP contribution in [0.3, 0.4) is 0 Å². The molecule has 1 amide bonds. The fraction of sp³-hybridized carbons (Fsp3) is 0.214. The number of aliphatic carboxylic acids is 1. The molecule has 0 aliphatic heterocycles. The monoisotopic (exact) mass is 274 g/mol. The van der Waals surface area contributed by atoms with Crippen LogP contribution in [0.1, 0.15) is 27.6 Å². The van der Waals surface area contributed by atoms with Crippen molar-refractivity contribution in [1.82, 2.24) is 10.5 Å². The molecule has 2 rings (SSSR count). The van der Waals surface area contributed by atoms with E-state index < -0.39 is 17.8 Å². The molecule has 0 aliphatic carbocycles. The molecule has 1 atom stereocenters. The largest absolute Gasteiger partial charge is 0.481 e. The number of hydrogen-bond acceptors (Lipinski definition) is 4. The van der Waals surface area contributed by atoms with Crippen LogP contribution in [-0.2, 0) is 4.79 Å². The molecule has 0 radical (unpaired) electrons. The Bertz CT molecular complexity index is 607. The van der Waals surface area contributed by atoms with Crippen LogP contribution in [0.15, 0.2) is 41.1 Å². The van der Waals surface area contributed by atoms with Crippen LogP contribution in [0.25, 0.3) is 0 Å². The first-order valence-electron chi connectivity index (χ1n) is 6.07. The van der Waals surface area contributed by atoms with Crippen molar-refractivity contribution in [2.45, 2.75) is 12.8 Å². The molecule has 1 unspecified atom stereocenters. The van der Waals surface area contributed by atoms with Gasteiger partial charge in [-0.3, -0.25) is 9.59 Å². The zero-order valence-corrected chi connectivity index (χ0v) is 10.9. The Morgan fingerprint density at radius 2 is 2.05 bits per heavy atom. The van der Waals surface area contributed by atoms with Gasteiger partial charge in [0.2, 0.25) is 5.76 Å². The summed E-state index contributed by atoms with van der Waals surface area (Å²) >= 11 is 0. The third-order valence-corrected chi connectivity index (χ3v) is 2.92. The predicted octanol–water partition coefficient (Wildman–Crippen LogP) is 1.58. The summed E-state index contributed by atoms with van der Waals surface area (Å²) in [6.45, 7) is 1.68. The Morgan fingerprint density at radius 1 is 1.35 bits per heavy atom. The lowest BCUT2D eigenvalue weighted by atomic mass is 9.99. The maximum Gasteiger partial charge on any atom is 0.312 e. The molecule has 20 heavy (non-hydrogen) atoms. The standard InChI is InChI=1S/C14H14N2O4/c1-9-7-16-20-12(9)13(17)15-8-11(14(18)19)10-5-3-2-4-6-10/h2-7,11H,8H2,1H3,(H,15,17)(H,18,19). The van der Waals surface area contributed by atoms with Gasteiger partial charge in [0.1, 0.15) is 0 Å². The molecule has 6 nitrogen and oxygen atoms in total. The number of carboxylic acid groups (broad SMARTS) is 1. The zero-order chi connectivity index (χ0) is 14.5. The van der Waals surface area contributed by atoms with Gasteiger partial charge in [0.25, 0.3) is 5.91 Å². The van der Waals surface area contributed by atoms with Crippen molar-refractivity contribution in [2.75, 3.05) is 6.54 Å². The first-order chi connectivity index (χ1) is 9.59. The first-order valence-corrected chi connectivity index (χ1v) is 6.07. The second kappa shape index (κ2) is 6.01. The molecule has 0 bridgehead atoms. The molecule has 6 heteroatoms. The Morgan fingerprint density at radius 3 is 2.60 bits per heavy atom. The third kappa shape index (κ3) is 3.03. The van der Waals surface area contributed by atoms with Crippen LogP contribution < -0.4 is 5.32 Å². The highest BCUT2D eigenvalue weighted by atomic mass is 16.5. The van der Waals surface area contributed by atoms with E-state index in [2.05, 4.69) is 10.5 Å². The Hall–Kier alpha value is -2.63. The number of aromatic nitrogens is 1. The van der Waals surface area contributed by atoms with E-state index >= 15 is 0 Å². The molecule has 0 saturated heterocycles. The highest BCUT2D eigenvalue weighted by molar-refractivity contribution is 5.93. The number of nitrogens with one attached hydrogen (secondary N) is 1. The van der Waals surface area contributed by atoms with Crippen molar-refractivity contribution in [3.63, 3.8) is 0 Å². The van der Waals surface area contributed by atoms with E-state index in [9.17, 15) is 14.7 Å². The number of hydrogen-bond donors (Lipinski definition) is 2. The number of carboxylic acids is 1. The summed E-state index contributed by atoms with van der Waals surface area (Å²) in [5.41, 5.74) is 1.24. The maximum atomic E-state index is 11.8. The van der Waals surface area contributed by atoms with Gasteiger partial charge in [-0.05, 0) is 12.5 Å². The number of nitrogens with zero attached hydrogens (tertiary/aromatic N) is 1. The second-order valence-electron chi connectivity index (χ2n) is 4.35. The summed E-state index contributed by atoms with van der Waals surface area (Å²) in [7, 11) is 0. The summed E-state index contributed by atoms with van der Waals surface area (Å²) in [4.78, 5) is 23.1. The van der Waals surface area contributed by atoms with Crippen LogP contribution in [0, 0.1) is 6.92 Å². The molecule has 1 aromatic heterocycles. The van der Waals surface area contributed by atoms with Gasteiger partial charge in [0.15, 0.2) is 0 Å². The summed E-state index contributed by atoms with van der Waals surface area (Å²) in [6, 6.07) is 8.75. The molecular weight excluding hydrogens is 260 g/mol. The summed E-state index contributed by atoms with van der Waals surface area (Å²) < 4.78 is 4.82. The normalized spacial score (nSPS) is 11.8. The van der Waals surface area contributed by atoms with E-state index in [1.54, 1.807) is 37.3 Å². The van der Waals surface area contributed by atoms with Gasteiger partial charge >= 0.3 is 5.97 Å². The number of carbonyl (C=O) groups excluding carboxylic acids is 1. The average molecular weight is 274 g/mol. The van der Waals surface area contributed by atoms with Crippen molar-refractivity contribution in [3.05, 3.63) is 53.4 Å². The zero-order valence-electron chi connectivity index (χ0n) is 10.9. The highest BCUT2D eigenvalue weighted by Crippen LogP contribution is 2.15. The van der Waals surface area contributed by atoms with Gasteiger partial charge in [-0.2, -0.15) is 0 Å². The van der Waals surface area contributed by atoms with Crippen molar-refractivity contribution in [3.8, 4) is 0 Å². The van der Waals surface area contributed by atoms with E-state index in [0.717, 1.165) is 0 Å². The van der Waals surface area contributed by atoms with Crippen molar-refractivity contribution in [2.24, 2.45) is 0 Å². The Balaban J connectivity index is 2.06. The molecular formula is C14H14N2O4. The van der Waals surface area contributed by atoms with Crippen LogP contribution in [0.2, 0.25) is 0 Å². The predicted molar refractivity (Wildman–Crippen MR) is 70.4 cm³/mol. The van der Waals surface area contributed by atoms with Crippen LogP contribution >= 0.6 is 0 Å². The van der Waals surface area contributed by atoms with Gasteiger partial charge in [-0.25, -0.2) is 0 Å². The van der Waals surface area contributed by atoms with Crippen LogP contribution in [0.5, 0.6) is 0 Å². The molecule has 2 N–H and O–H groups in total. The second-order valence-corrected chi connectivity index (χ2v) is 4.35. The molecule has 0 fully saturated rings. The van der Waals surface area contributed by atoms with Gasteiger partial charge in [-0.15, -0.1) is 0 Å².